The number of hydrogen-bond acceptors (Lipinski definition) is 3. The smallest absolute Gasteiger partial charge is 0.335 e. The van der Waals surface area contributed by atoms with Crippen molar-refractivity contribution in [1.29, 1.82) is 0 Å². The maximum absolute atomic E-state index is 13.8. The van der Waals surface area contributed by atoms with E-state index in [2.05, 4.69) is 0 Å². The number of nitrogens with zero attached hydrogens (tertiary/aromatic N) is 1. The summed E-state index contributed by atoms with van der Waals surface area (Å²) in [5.74, 6) is -2.10. The van der Waals surface area contributed by atoms with E-state index in [-0.39, 0.29) is 35.0 Å². The Labute approximate surface area is 124 Å². The van der Waals surface area contributed by atoms with E-state index in [4.69, 9.17) is 5.11 Å². The zero-order chi connectivity index (χ0) is 16.4. The number of hydrogen-bond donors (Lipinski definition) is 1. The minimum atomic E-state index is -3.93. The van der Waals surface area contributed by atoms with Crippen LogP contribution >= 0.6 is 0 Å². The highest BCUT2D eigenvalue weighted by Gasteiger charge is 2.28. The molecule has 118 valence electrons. The van der Waals surface area contributed by atoms with Gasteiger partial charge < -0.3 is 5.11 Å². The lowest BCUT2D eigenvalue weighted by molar-refractivity contribution is 0.0696. The Morgan fingerprint density at radius 3 is 2.38 bits per heavy atom. The number of carboxylic acids is 1. The van der Waals surface area contributed by atoms with E-state index >= 15 is 0 Å². The first kappa shape index (κ1) is 17.6. The van der Waals surface area contributed by atoms with Crippen LogP contribution in [0.25, 0.3) is 0 Å². The van der Waals surface area contributed by atoms with Crippen LogP contribution in [0, 0.1) is 18.7 Å². The predicted octanol–water partition coefficient (Wildman–Crippen LogP) is 2.50. The van der Waals surface area contributed by atoms with Gasteiger partial charge in [0.05, 0.1) is 10.5 Å². The van der Waals surface area contributed by atoms with Crippen molar-refractivity contribution in [2.24, 2.45) is 5.92 Å². The van der Waals surface area contributed by atoms with Crippen molar-refractivity contribution in [3.05, 3.63) is 29.1 Å². The van der Waals surface area contributed by atoms with Gasteiger partial charge in [0.15, 0.2) is 0 Å². The maximum atomic E-state index is 13.8. The molecule has 1 aromatic carbocycles. The Hall–Kier alpha value is -1.47. The largest absolute Gasteiger partial charge is 0.478 e. The molecule has 0 radical (unpaired) electrons. The lowest BCUT2D eigenvalue weighted by Gasteiger charge is -2.23. The zero-order valence-corrected chi connectivity index (χ0v) is 13.4. The molecule has 1 aromatic rings. The number of carbonyl (C=O) groups is 1. The van der Waals surface area contributed by atoms with Crippen LogP contribution < -0.4 is 0 Å². The van der Waals surface area contributed by atoms with Gasteiger partial charge in [0.1, 0.15) is 5.82 Å². The molecule has 7 heteroatoms. The summed E-state index contributed by atoms with van der Waals surface area (Å²) in [6.45, 7) is 7.29. The number of aromatic carboxylic acids is 1. The van der Waals surface area contributed by atoms with Crippen LogP contribution in [0.1, 0.15) is 36.7 Å². The fourth-order valence-electron chi connectivity index (χ4n) is 1.99. The number of carboxylic acid groups (broad SMARTS) is 1. The number of benzene rings is 1. The molecular formula is C14H20FNO4S. The highest BCUT2D eigenvalue weighted by atomic mass is 32.2. The van der Waals surface area contributed by atoms with Gasteiger partial charge in [0.25, 0.3) is 0 Å². The molecule has 1 N–H and O–H groups in total. The van der Waals surface area contributed by atoms with Gasteiger partial charge in [0, 0.05) is 18.7 Å². The van der Waals surface area contributed by atoms with E-state index in [0.29, 0.717) is 0 Å². The molecule has 0 aromatic heterocycles. The van der Waals surface area contributed by atoms with Crippen LogP contribution in [-0.4, -0.2) is 36.9 Å². The summed E-state index contributed by atoms with van der Waals surface area (Å²) in [5, 5.41) is 8.96. The average Bonchev–Trinajstić information content (AvgIpc) is 2.37. The molecule has 1 rings (SSSR count). The Balaban J connectivity index is 3.46. The maximum Gasteiger partial charge on any atom is 0.335 e. The standard InChI is InChI=1S/C14H20FNO4S/c1-5-16(8-9(2)3)21(19,20)13-7-11(14(17)18)6-12(15)10(13)4/h6-7,9H,5,8H2,1-4H3,(H,17,18). The normalized spacial score (nSPS) is 12.1. The summed E-state index contributed by atoms with van der Waals surface area (Å²) in [6, 6.07) is 1.84. The molecule has 0 bridgehead atoms. The van der Waals surface area contributed by atoms with Gasteiger partial charge in [-0.15, -0.1) is 0 Å². The van der Waals surface area contributed by atoms with Crippen LogP contribution in [0.3, 0.4) is 0 Å². The van der Waals surface area contributed by atoms with Gasteiger partial charge in [-0.1, -0.05) is 20.8 Å². The Morgan fingerprint density at radius 2 is 1.95 bits per heavy atom. The average molecular weight is 317 g/mol. The third-order valence-electron chi connectivity index (χ3n) is 3.08. The SMILES string of the molecule is CCN(CC(C)C)S(=O)(=O)c1cc(C(=O)O)cc(F)c1C. The fraction of sp³-hybridized carbons (Fsp3) is 0.500. The monoisotopic (exact) mass is 317 g/mol. The highest BCUT2D eigenvalue weighted by molar-refractivity contribution is 7.89. The van der Waals surface area contributed by atoms with Gasteiger partial charge in [-0.25, -0.2) is 17.6 Å². The summed E-state index contributed by atoms with van der Waals surface area (Å²) < 4.78 is 40.3. The highest BCUT2D eigenvalue weighted by Crippen LogP contribution is 2.24. The van der Waals surface area contributed by atoms with Crippen molar-refractivity contribution in [3.63, 3.8) is 0 Å². The van der Waals surface area contributed by atoms with Crippen LogP contribution in [0.2, 0.25) is 0 Å². The van der Waals surface area contributed by atoms with E-state index in [9.17, 15) is 17.6 Å². The Bertz CT molecular complexity index is 641. The molecule has 0 saturated carbocycles. The second-order valence-corrected chi connectivity index (χ2v) is 7.14. The van der Waals surface area contributed by atoms with Crippen LogP contribution in [0.5, 0.6) is 0 Å². The quantitative estimate of drug-likeness (QED) is 0.875. The molecule has 0 aliphatic carbocycles. The molecule has 0 aliphatic rings. The van der Waals surface area contributed by atoms with E-state index in [1.165, 1.54) is 11.2 Å². The third-order valence-corrected chi connectivity index (χ3v) is 5.15. The minimum absolute atomic E-state index is 0.0674. The Morgan fingerprint density at radius 1 is 1.38 bits per heavy atom. The first-order valence-corrected chi connectivity index (χ1v) is 8.08. The number of halogens is 1. The minimum Gasteiger partial charge on any atom is -0.478 e. The second kappa shape index (κ2) is 6.53. The van der Waals surface area contributed by atoms with Gasteiger partial charge in [0.2, 0.25) is 10.0 Å². The number of sulfonamides is 1. The molecular weight excluding hydrogens is 297 g/mol. The van der Waals surface area contributed by atoms with Gasteiger partial charge >= 0.3 is 5.97 Å². The fourth-order valence-corrected chi connectivity index (χ4v) is 3.86. The van der Waals surface area contributed by atoms with Crippen molar-refractivity contribution < 1.29 is 22.7 Å². The summed E-state index contributed by atoms with van der Waals surface area (Å²) in [7, 11) is -3.93. The van der Waals surface area contributed by atoms with Gasteiger partial charge in [-0.3, -0.25) is 0 Å². The van der Waals surface area contributed by atoms with E-state index < -0.39 is 21.8 Å². The topological polar surface area (TPSA) is 74.7 Å². The van der Waals surface area contributed by atoms with E-state index in [0.717, 1.165) is 12.1 Å². The molecule has 0 atom stereocenters. The first-order valence-electron chi connectivity index (χ1n) is 6.64. The molecule has 21 heavy (non-hydrogen) atoms. The van der Waals surface area contributed by atoms with Gasteiger partial charge in [-0.05, 0) is 25.0 Å². The second-order valence-electron chi connectivity index (χ2n) is 5.24. The molecule has 0 amide bonds. The van der Waals surface area contributed by atoms with Crippen LogP contribution in [-0.2, 0) is 10.0 Å². The summed E-state index contributed by atoms with van der Waals surface area (Å²) >= 11 is 0. The molecule has 0 heterocycles. The molecule has 0 aliphatic heterocycles. The summed E-state index contributed by atoms with van der Waals surface area (Å²) in [6.07, 6.45) is 0. The first-order chi connectivity index (χ1) is 9.61. The summed E-state index contributed by atoms with van der Waals surface area (Å²) in [4.78, 5) is 10.7. The number of rotatable bonds is 6. The molecule has 0 fully saturated rings. The lowest BCUT2D eigenvalue weighted by Crippen LogP contribution is -2.34. The van der Waals surface area contributed by atoms with Crippen molar-refractivity contribution in [1.82, 2.24) is 4.31 Å². The van der Waals surface area contributed by atoms with Crippen molar-refractivity contribution in [3.8, 4) is 0 Å². The molecule has 0 saturated heterocycles. The van der Waals surface area contributed by atoms with Crippen LogP contribution in [0.15, 0.2) is 17.0 Å². The van der Waals surface area contributed by atoms with Crippen molar-refractivity contribution in [2.75, 3.05) is 13.1 Å². The van der Waals surface area contributed by atoms with Crippen LogP contribution in [0.4, 0.5) is 4.39 Å². The van der Waals surface area contributed by atoms with Crippen molar-refractivity contribution in [2.45, 2.75) is 32.6 Å². The predicted molar refractivity (Wildman–Crippen MR) is 77.4 cm³/mol. The van der Waals surface area contributed by atoms with E-state index in [1.807, 2.05) is 13.8 Å². The molecule has 0 spiro atoms. The van der Waals surface area contributed by atoms with E-state index in [1.54, 1.807) is 6.92 Å². The van der Waals surface area contributed by atoms with Crippen molar-refractivity contribution >= 4 is 16.0 Å². The molecule has 5 nitrogen and oxygen atoms in total. The lowest BCUT2D eigenvalue weighted by atomic mass is 10.1. The summed E-state index contributed by atoms with van der Waals surface area (Å²) in [5.41, 5.74) is -0.445. The zero-order valence-electron chi connectivity index (χ0n) is 12.6. The molecule has 0 unspecified atom stereocenters. The Kier molecular flexibility index (Phi) is 5.47. The van der Waals surface area contributed by atoms with Gasteiger partial charge in [-0.2, -0.15) is 4.31 Å². The third kappa shape index (κ3) is 3.79.